The summed E-state index contributed by atoms with van der Waals surface area (Å²) in [5, 5.41) is 3.11. The summed E-state index contributed by atoms with van der Waals surface area (Å²) in [6.45, 7) is 6.40. The summed E-state index contributed by atoms with van der Waals surface area (Å²) in [5.74, 6) is 0. The van der Waals surface area contributed by atoms with E-state index in [2.05, 4.69) is 24.0 Å². The van der Waals surface area contributed by atoms with Gasteiger partial charge in [0.05, 0.1) is 0 Å². The van der Waals surface area contributed by atoms with Crippen LogP contribution in [0.5, 0.6) is 0 Å². The van der Waals surface area contributed by atoms with Crippen LogP contribution < -0.4 is 64.4 Å². The number of hydrogen-bond donors (Lipinski definition) is 3. The Hall–Kier alpha value is 0.810. The zero-order valence-corrected chi connectivity index (χ0v) is 15.1. The second-order valence-electron chi connectivity index (χ2n) is 2.50. The Balaban J connectivity index is -0.000000289. The van der Waals surface area contributed by atoms with E-state index in [9.17, 15) is 0 Å². The quantitative estimate of drug-likeness (QED) is 0.170. The van der Waals surface area contributed by atoms with Crippen molar-refractivity contribution < 1.29 is 73.5 Å². The Morgan fingerprint density at radius 1 is 1.29 bits per heavy atom. The smallest absolute Gasteiger partial charge is 0.344 e. The van der Waals surface area contributed by atoms with Crippen LogP contribution in [0.2, 0.25) is 0 Å². The SMILES string of the molecule is C=CCN[CH-]c1ccccc1.O=[P+](O)O.[Na+].[Na+]. The topological polar surface area (TPSA) is 69.6 Å². The summed E-state index contributed by atoms with van der Waals surface area (Å²) in [5.41, 5.74) is 1.19. The van der Waals surface area contributed by atoms with Gasteiger partial charge in [-0.05, 0) is 0 Å². The fraction of sp³-hybridized carbons (Fsp3) is 0.100. The summed E-state index contributed by atoms with van der Waals surface area (Å²) in [6, 6.07) is 10.1. The molecular formula is C10H14NNa2O3P+2. The van der Waals surface area contributed by atoms with Crippen molar-refractivity contribution in [3.63, 3.8) is 0 Å². The minimum Gasteiger partial charge on any atom is -0.344 e. The van der Waals surface area contributed by atoms with E-state index >= 15 is 0 Å². The van der Waals surface area contributed by atoms with Gasteiger partial charge in [0.15, 0.2) is 0 Å². The van der Waals surface area contributed by atoms with Crippen LogP contribution in [0.1, 0.15) is 5.56 Å². The zero-order valence-electron chi connectivity index (χ0n) is 10.2. The monoisotopic (exact) mass is 273 g/mol. The number of rotatable bonds is 4. The van der Waals surface area contributed by atoms with Gasteiger partial charge in [0, 0.05) is 11.1 Å². The summed E-state index contributed by atoms with van der Waals surface area (Å²) in [7, 11) is -2.87. The Morgan fingerprint density at radius 3 is 2.18 bits per heavy atom. The van der Waals surface area contributed by atoms with Crippen molar-refractivity contribution >= 4 is 8.25 Å². The molecule has 0 spiro atoms. The predicted octanol–water partition coefficient (Wildman–Crippen LogP) is -4.39. The molecule has 0 unspecified atom stereocenters. The van der Waals surface area contributed by atoms with Crippen molar-refractivity contribution in [3.8, 4) is 0 Å². The van der Waals surface area contributed by atoms with Gasteiger partial charge in [0.1, 0.15) is 0 Å². The third kappa shape index (κ3) is 19.3. The van der Waals surface area contributed by atoms with Gasteiger partial charge >= 0.3 is 67.4 Å². The standard InChI is InChI=1S/C10H12N.2Na.HO3P/c1-2-8-11-9-10-6-4-3-5-7-10;;;1-4(2)3/h2-7,9,11H,1,8H2;;;(H-,1,2,3)/q-1;2*+1;/p+1. The van der Waals surface area contributed by atoms with Crippen molar-refractivity contribution in [1.29, 1.82) is 0 Å². The summed E-state index contributed by atoms with van der Waals surface area (Å²) in [6.07, 6.45) is 1.83. The molecule has 1 aromatic carbocycles. The van der Waals surface area contributed by atoms with Gasteiger partial charge in [0.2, 0.25) is 0 Å². The molecule has 3 N–H and O–H groups in total. The van der Waals surface area contributed by atoms with E-state index in [1.165, 1.54) is 5.56 Å². The van der Waals surface area contributed by atoms with Gasteiger partial charge in [0.25, 0.3) is 0 Å². The maximum atomic E-state index is 8.70. The summed E-state index contributed by atoms with van der Waals surface area (Å²) >= 11 is 0. The van der Waals surface area contributed by atoms with Crippen molar-refractivity contribution in [2.75, 3.05) is 6.54 Å². The Kier molecular flexibility index (Phi) is 22.7. The fourth-order valence-corrected chi connectivity index (χ4v) is 0.809. The largest absolute Gasteiger partial charge is 1.00 e. The molecule has 0 radical (unpaired) electrons. The molecule has 0 saturated carbocycles. The van der Waals surface area contributed by atoms with Crippen LogP contribution in [0.3, 0.4) is 0 Å². The first-order valence-corrected chi connectivity index (χ1v) is 5.41. The van der Waals surface area contributed by atoms with Crippen molar-refractivity contribution in [2.24, 2.45) is 0 Å². The third-order valence-corrected chi connectivity index (χ3v) is 1.33. The first kappa shape index (κ1) is 22.9. The van der Waals surface area contributed by atoms with Crippen LogP contribution in [0.25, 0.3) is 0 Å². The molecule has 1 aromatic rings. The van der Waals surface area contributed by atoms with E-state index < -0.39 is 8.25 Å². The molecule has 1 rings (SSSR count). The van der Waals surface area contributed by atoms with Crippen LogP contribution in [0.4, 0.5) is 0 Å². The maximum Gasteiger partial charge on any atom is 1.00 e. The van der Waals surface area contributed by atoms with Crippen LogP contribution in [0, 0.1) is 6.54 Å². The minimum absolute atomic E-state index is 0. The Labute approximate surface area is 147 Å². The molecule has 0 heterocycles. The normalized spacial score (nSPS) is 7.41. The van der Waals surface area contributed by atoms with Gasteiger partial charge in [-0.2, -0.15) is 17.7 Å². The van der Waals surface area contributed by atoms with Gasteiger partial charge in [-0.15, -0.1) is 35.0 Å². The average Bonchev–Trinajstić information content (AvgIpc) is 2.19. The van der Waals surface area contributed by atoms with Gasteiger partial charge < -0.3 is 5.32 Å². The van der Waals surface area contributed by atoms with Crippen molar-refractivity contribution in [2.45, 2.75) is 0 Å². The van der Waals surface area contributed by atoms with E-state index in [1.54, 1.807) is 0 Å². The van der Waals surface area contributed by atoms with E-state index in [4.69, 9.17) is 14.4 Å². The molecule has 0 aromatic heterocycles. The van der Waals surface area contributed by atoms with Crippen LogP contribution in [-0.4, -0.2) is 16.3 Å². The van der Waals surface area contributed by atoms with E-state index in [1.807, 2.05) is 30.8 Å². The first-order valence-electron chi connectivity index (χ1n) is 4.24. The van der Waals surface area contributed by atoms with Gasteiger partial charge in [-0.25, -0.2) is 0 Å². The predicted molar refractivity (Wildman–Crippen MR) is 60.1 cm³/mol. The van der Waals surface area contributed by atoms with Crippen molar-refractivity contribution in [3.05, 3.63) is 55.1 Å². The molecule has 0 bridgehead atoms. The van der Waals surface area contributed by atoms with Crippen molar-refractivity contribution in [1.82, 2.24) is 5.32 Å². The molecule has 0 atom stereocenters. The van der Waals surface area contributed by atoms with Crippen LogP contribution >= 0.6 is 8.25 Å². The molecule has 17 heavy (non-hydrogen) atoms. The molecule has 7 heteroatoms. The van der Waals surface area contributed by atoms with E-state index in [-0.39, 0.29) is 59.1 Å². The molecule has 4 nitrogen and oxygen atoms in total. The average molecular weight is 273 g/mol. The van der Waals surface area contributed by atoms with Crippen LogP contribution in [0.15, 0.2) is 43.0 Å². The zero-order chi connectivity index (χ0) is 11.5. The van der Waals surface area contributed by atoms with E-state index in [0.717, 1.165) is 6.54 Å². The molecule has 0 fully saturated rings. The first-order chi connectivity index (χ1) is 7.16. The van der Waals surface area contributed by atoms with E-state index in [0.29, 0.717) is 0 Å². The third-order valence-electron chi connectivity index (χ3n) is 1.33. The fourth-order valence-electron chi connectivity index (χ4n) is 0.809. The second-order valence-corrected chi connectivity index (χ2v) is 3.01. The van der Waals surface area contributed by atoms with Gasteiger partial charge in [-0.3, -0.25) is 0 Å². The summed E-state index contributed by atoms with van der Waals surface area (Å²) in [4.78, 5) is 14.2. The second kappa shape index (κ2) is 16.8. The molecule has 0 saturated heterocycles. The number of benzene rings is 1. The maximum absolute atomic E-state index is 8.70. The summed E-state index contributed by atoms with van der Waals surface area (Å²) < 4.78 is 8.70. The Bertz CT molecular complexity index is 295. The Morgan fingerprint density at radius 2 is 1.76 bits per heavy atom. The van der Waals surface area contributed by atoms with Crippen LogP contribution in [-0.2, 0) is 4.57 Å². The minimum atomic E-state index is -2.87. The molecule has 82 valence electrons. The number of hydrogen-bond acceptors (Lipinski definition) is 2. The molecule has 0 aliphatic carbocycles. The number of nitrogens with one attached hydrogen (secondary N) is 1. The molecule has 0 aliphatic heterocycles. The molecule has 0 aliphatic rings. The van der Waals surface area contributed by atoms with Gasteiger partial charge in [-0.1, -0.05) is 12.1 Å². The molecule has 0 amide bonds. The molecular weight excluding hydrogens is 259 g/mol.